The van der Waals surface area contributed by atoms with Crippen molar-refractivity contribution in [2.24, 2.45) is 0 Å². The maximum absolute atomic E-state index is 11.9. The van der Waals surface area contributed by atoms with Crippen molar-refractivity contribution in [1.29, 1.82) is 5.26 Å². The molecule has 4 nitrogen and oxygen atoms in total. The van der Waals surface area contributed by atoms with E-state index in [2.05, 4.69) is 16.7 Å². The first-order chi connectivity index (χ1) is 9.20. The lowest BCUT2D eigenvalue weighted by Gasteiger charge is -2.21. The standard InChI is InChI=1S/C15H19N3O/c1-11(13-7-5-12(10-16)6-8-13)18-14-4-2-3-9-17-15(14)19/h5-8,11,14,18H,2-4,9H2,1H3,(H,17,19). The number of hydrogen-bond donors (Lipinski definition) is 2. The maximum Gasteiger partial charge on any atom is 0.237 e. The highest BCUT2D eigenvalue weighted by molar-refractivity contribution is 5.81. The van der Waals surface area contributed by atoms with Crippen molar-refractivity contribution in [2.45, 2.75) is 38.3 Å². The molecule has 1 heterocycles. The lowest BCUT2D eigenvalue weighted by atomic mass is 10.0. The van der Waals surface area contributed by atoms with Crippen molar-refractivity contribution in [3.8, 4) is 6.07 Å². The number of nitriles is 1. The zero-order valence-electron chi connectivity index (χ0n) is 11.1. The molecule has 1 aromatic rings. The second kappa shape index (κ2) is 6.35. The summed E-state index contributed by atoms with van der Waals surface area (Å²) in [6.07, 6.45) is 3.00. The minimum atomic E-state index is -0.117. The topological polar surface area (TPSA) is 64.9 Å². The Labute approximate surface area is 113 Å². The molecule has 4 heteroatoms. The molecule has 0 aliphatic carbocycles. The summed E-state index contributed by atoms with van der Waals surface area (Å²) in [5, 5.41) is 15.1. The van der Waals surface area contributed by atoms with E-state index in [0.717, 1.165) is 31.4 Å². The Kier molecular flexibility index (Phi) is 4.53. The van der Waals surface area contributed by atoms with Crippen LogP contribution in [0.1, 0.15) is 43.4 Å². The fourth-order valence-electron chi connectivity index (χ4n) is 2.34. The van der Waals surface area contributed by atoms with Crippen LogP contribution in [-0.2, 0) is 4.79 Å². The summed E-state index contributed by atoms with van der Waals surface area (Å²) in [4.78, 5) is 11.9. The molecule has 0 aromatic heterocycles. The molecule has 0 radical (unpaired) electrons. The quantitative estimate of drug-likeness (QED) is 0.869. The first-order valence-corrected chi connectivity index (χ1v) is 6.74. The third-order valence-electron chi connectivity index (χ3n) is 3.53. The molecule has 100 valence electrons. The number of carbonyl (C=O) groups excluding carboxylic acids is 1. The molecular weight excluding hydrogens is 238 g/mol. The SMILES string of the molecule is CC(NC1CCCCNC1=O)c1ccc(C#N)cc1. The predicted octanol–water partition coefficient (Wildman–Crippen LogP) is 1.88. The van der Waals surface area contributed by atoms with Gasteiger partial charge < -0.3 is 5.32 Å². The highest BCUT2D eigenvalue weighted by Gasteiger charge is 2.22. The van der Waals surface area contributed by atoms with Crippen LogP contribution in [0, 0.1) is 11.3 Å². The van der Waals surface area contributed by atoms with Crippen molar-refractivity contribution in [2.75, 3.05) is 6.54 Å². The summed E-state index contributed by atoms with van der Waals surface area (Å²) in [6, 6.07) is 9.57. The number of carbonyl (C=O) groups is 1. The fourth-order valence-corrected chi connectivity index (χ4v) is 2.34. The van der Waals surface area contributed by atoms with Gasteiger partial charge in [0.1, 0.15) is 0 Å². The fraction of sp³-hybridized carbons (Fsp3) is 0.467. The smallest absolute Gasteiger partial charge is 0.237 e. The van der Waals surface area contributed by atoms with Crippen LogP contribution >= 0.6 is 0 Å². The molecule has 1 aliphatic heterocycles. The van der Waals surface area contributed by atoms with Crippen molar-refractivity contribution in [3.63, 3.8) is 0 Å². The number of amides is 1. The van der Waals surface area contributed by atoms with Gasteiger partial charge in [0, 0.05) is 12.6 Å². The van der Waals surface area contributed by atoms with Crippen LogP contribution in [0.4, 0.5) is 0 Å². The van der Waals surface area contributed by atoms with E-state index in [1.54, 1.807) is 12.1 Å². The summed E-state index contributed by atoms with van der Waals surface area (Å²) in [5.74, 6) is 0.0954. The zero-order chi connectivity index (χ0) is 13.7. The summed E-state index contributed by atoms with van der Waals surface area (Å²) in [5.41, 5.74) is 1.75. The van der Waals surface area contributed by atoms with E-state index in [1.165, 1.54) is 0 Å². The van der Waals surface area contributed by atoms with Crippen LogP contribution in [0.5, 0.6) is 0 Å². The average molecular weight is 257 g/mol. The van der Waals surface area contributed by atoms with Gasteiger partial charge in [-0.25, -0.2) is 0 Å². The van der Waals surface area contributed by atoms with E-state index in [4.69, 9.17) is 5.26 Å². The lowest BCUT2D eigenvalue weighted by molar-refractivity contribution is -0.123. The molecule has 2 rings (SSSR count). The molecule has 1 fully saturated rings. The molecule has 1 saturated heterocycles. The van der Waals surface area contributed by atoms with E-state index in [9.17, 15) is 4.79 Å². The highest BCUT2D eigenvalue weighted by Crippen LogP contribution is 2.16. The van der Waals surface area contributed by atoms with E-state index < -0.39 is 0 Å². The molecule has 1 aliphatic rings. The average Bonchev–Trinajstić information content (AvgIpc) is 2.64. The first-order valence-electron chi connectivity index (χ1n) is 6.74. The highest BCUT2D eigenvalue weighted by atomic mass is 16.2. The van der Waals surface area contributed by atoms with Crippen LogP contribution in [0.2, 0.25) is 0 Å². The van der Waals surface area contributed by atoms with E-state index >= 15 is 0 Å². The van der Waals surface area contributed by atoms with Crippen LogP contribution in [-0.4, -0.2) is 18.5 Å². The van der Waals surface area contributed by atoms with Gasteiger partial charge in [0.15, 0.2) is 0 Å². The molecule has 1 amide bonds. The number of hydrogen-bond acceptors (Lipinski definition) is 3. The van der Waals surface area contributed by atoms with Crippen LogP contribution < -0.4 is 10.6 Å². The second-order valence-corrected chi connectivity index (χ2v) is 4.96. The summed E-state index contributed by atoms with van der Waals surface area (Å²) < 4.78 is 0. The van der Waals surface area contributed by atoms with Gasteiger partial charge in [-0.15, -0.1) is 0 Å². The monoisotopic (exact) mass is 257 g/mol. The van der Waals surface area contributed by atoms with Gasteiger partial charge in [0.05, 0.1) is 17.7 Å². The molecular formula is C15H19N3O. The third-order valence-corrected chi connectivity index (χ3v) is 3.53. The number of rotatable bonds is 3. The molecule has 2 unspecified atom stereocenters. The van der Waals surface area contributed by atoms with Gasteiger partial charge in [0.25, 0.3) is 0 Å². The van der Waals surface area contributed by atoms with Gasteiger partial charge >= 0.3 is 0 Å². The third kappa shape index (κ3) is 3.55. The number of nitrogens with zero attached hydrogens (tertiary/aromatic N) is 1. The lowest BCUT2D eigenvalue weighted by Crippen LogP contribution is -2.43. The summed E-state index contributed by atoms with van der Waals surface area (Å²) in [7, 11) is 0. The van der Waals surface area contributed by atoms with E-state index in [1.807, 2.05) is 19.1 Å². The predicted molar refractivity (Wildman–Crippen MR) is 73.4 cm³/mol. The minimum Gasteiger partial charge on any atom is -0.355 e. The second-order valence-electron chi connectivity index (χ2n) is 4.96. The Bertz CT molecular complexity index is 475. The van der Waals surface area contributed by atoms with E-state index in [-0.39, 0.29) is 18.0 Å². The van der Waals surface area contributed by atoms with Gasteiger partial charge in [-0.3, -0.25) is 10.1 Å². The normalized spacial score (nSPS) is 21.1. The maximum atomic E-state index is 11.9. The van der Waals surface area contributed by atoms with Crippen LogP contribution in [0.25, 0.3) is 0 Å². The molecule has 0 bridgehead atoms. The van der Waals surface area contributed by atoms with Crippen molar-refractivity contribution >= 4 is 5.91 Å². The zero-order valence-corrected chi connectivity index (χ0v) is 11.1. The number of nitrogens with one attached hydrogen (secondary N) is 2. The Morgan fingerprint density at radius 2 is 2.11 bits per heavy atom. The van der Waals surface area contributed by atoms with Crippen LogP contribution in [0.15, 0.2) is 24.3 Å². The molecule has 0 spiro atoms. The molecule has 19 heavy (non-hydrogen) atoms. The minimum absolute atomic E-state index is 0.0954. The van der Waals surface area contributed by atoms with Crippen molar-refractivity contribution in [3.05, 3.63) is 35.4 Å². The Morgan fingerprint density at radius 1 is 1.37 bits per heavy atom. The Morgan fingerprint density at radius 3 is 2.79 bits per heavy atom. The Hall–Kier alpha value is -1.86. The van der Waals surface area contributed by atoms with Crippen LogP contribution in [0.3, 0.4) is 0 Å². The summed E-state index contributed by atoms with van der Waals surface area (Å²) >= 11 is 0. The van der Waals surface area contributed by atoms with Gasteiger partial charge in [0.2, 0.25) is 5.91 Å². The van der Waals surface area contributed by atoms with E-state index in [0.29, 0.717) is 5.56 Å². The van der Waals surface area contributed by atoms with Crippen molar-refractivity contribution in [1.82, 2.24) is 10.6 Å². The Balaban J connectivity index is 2.00. The van der Waals surface area contributed by atoms with Gasteiger partial charge in [-0.2, -0.15) is 5.26 Å². The van der Waals surface area contributed by atoms with Gasteiger partial charge in [-0.1, -0.05) is 12.1 Å². The summed E-state index contributed by atoms with van der Waals surface area (Å²) in [6.45, 7) is 2.82. The molecule has 0 saturated carbocycles. The molecule has 2 N–H and O–H groups in total. The number of benzene rings is 1. The molecule has 2 atom stereocenters. The van der Waals surface area contributed by atoms with Crippen molar-refractivity contribution < 1.29 is 4.79 Å². The molecule has 1 aromatic carbocycles. The first kappa shape index (κ1) is 13.6. The largest absolute Gasteiger partial charge is 0.355 e. The van der Waals surface area contributed by atoms with Gasteiger partial charge in [-0.05, 0) is 43.9 Å².